The zero-order valence-corrected chi connectivity index (χ0v) is 28.4. The Bertz CT molecular complexity index is 1990. The molecule has 0 bridgehead atoms. The Morgan fingerprint density at radius 3 is 2.69 bits per heavy atom. The van der Waals surface area contributed by atoms with Crippen molar-refractivity contribution in [3.05, 3.63) is 148 Å². The summed E-state index contributed by atoms with van der Waals surface area (Å²) >= 11 is 0. The minimum absolute atomic E-state index is 0.00290. The molecule has 3 aromatic rings. The summed E-state index contributed by atoms with van der Waals surface area (Å²) in [6.07, 6.45) is 32.8. The summed E-state index contributed by atoms with van der Waals surface area (Å²) in [6.45, 7) is 8.15. The van der Waals surface area contributed by atoms with E-state index in [0.717, 1.165) is 75.7 Å². The lowest BCUT2D eigenvalue weighted by Crippen LogP contribution is -2.46. The van der Waals surface area contributed by atoms with E-state index in [2.05, 4.69) is 116 Å². The summed E-state index contributed by atoms with van der Waals surface area (Å²) in [5.41, 5.74) is 20.9. The quantitative estimate of drug-likeness (QED) is 0.294. The highest BCUT2D eigenvalue weighted by Gasteiger charge is 2.35. The first kappa shape index (κ1) is 31.0. The average Bonchev–Trinajstić information content (AvgIpc) is 3.50. The second kappa shape index (κ2) is 12.9. The zero-order chi connectivity index (χ0) is 32.7. The number of furan rings is 1. The first-order valence-corrected chi connectivity index (χ1v) is 18.2. The van der Waals surface area contributed by atoms with E-state index in [0.29, 0.717) is 0 Å². The third kappa shape index (κ3) is 5.83. The second-order valence-corrected chi connectivity index (χ2v) is 14.5. The fraction of sp³-hybridized carbons (Fsp3) is 0.333. The van der Waals surface area contributed by atoms with Gasteiger partial charge in [0.25, 0.3) is 0 Å². The molecule has 8 rings (SSSR count). The van der Waals surface area contributed by atoms with Gasteiger partial charge in [0.15, 0.2) is 0 Å². The Labute approximate surface area is 286 Å². The average molecular weight is 633 g/mol. The predicted molar refractivity (Wildman–Crippen MR) is 202 cm³/mol. The molecule has 48 heavy (non-hydrogen) atoms. The topological polar surface area (TPSA) is 42.4 Å². The first-order chi connectivity index (χ1) is 23.5. The Morgan fingerprint density at radius 2 is 1.83 bits per heavy atom. The minimum Gasteiger partial charge on any atom is -0.460 e. The van der Waals surface area contributed by atoms with E-state index in [9.17, 15) is 0 Å². The van der Waals surface area contributed by atoms with Gasteiger partial charge in [0.2, 0.25) is 0 Å². The number of aryl methyl sites for hydroxylation is 1. The van der Waals surface area contributed by atoms with Gasteiger partial charge in [-0.2, -0.15) is 0 Å². The largest absolute Gasteiger partial charge is 0.460 e. The maximum absolute atomic E-state index is 6.76. The monoisotopic (exact) mass is 632 g/mol. The van der Waals surface area contributed by atoms with Gasteiger partial charge in [0.1, 0.15) is 11.3 Å². The fourth-order valence-corrected chi connectivity index (χ4v) is 8.49. The summed E-state index contributed by atoms with van der Waals surface area (Å²) < 4.78 is 6.30. The van der Waals surface area contributed by atoms with Crippen LogP contribution in [0, 0.1) is 0 Å². The molecule has 0 amide bonds. The van der Waals surface area contributed by atoms with Crippen LogP contribution in [-0.4, -0.2) is 17.0 Å². The molecule has 2 aromatic carbocycles. The number of benzene rings is 2. The minimum atomic E-state index is -0.0917. The van der Waals surface area contributed by atoms with Crippen LogP contribution >= 0.6 is 0 Å². The van der Waals surface area contributed by atoms with Crippen LogP contribution in [0.4, 0.5) is 0 Å². The summed E-state index contributed by atoms with van der Waals surface area (Å²) in [5, 5.41) is 1.26. The van der Waals surface area contributed by atoms with Crippen molar-refractivity contribution in [3.63, 3.8) is 0 Å². The number of nitrogens with two attached hydrogens (primary N) is 1. The lowest BCUT2D eigenvalue weighted by Gasteiger charge is -2.46. The van der Waals surface area contributed by atoms with Gasteiger partial charge in [-0.3, -0.25) is 0 Å². The van der Waals surface area contributed by atoms with Gasteiger partial charge in [-0.05, 0) is 128 Å². The molecule has 0 unspecified atom stereocenters. The van der Waals surface area contributed by atoms with Crippen molar-refractivity contribution < 1.29 is 4.42 Å². The van der Waals surface area contributed by atoms with Crippen molar-refractivity contribution in [2.45, 2.75) is 89.1 Å². The first-order valence-electron chi connectivity index (χ1n) is 18.2. The normalized spacial score (nSPS) is 23.2. The maximum atomic E-state index is 6.76. The molecule has 244 valence electrons. The van der Waals surface area contributed by atoms with E-state index >= 15 is 0 Å². The summed E-state index contributed by atoms with van der Waals surface area (Å²) in [7, 11) is 0. The molecule has 0 radical (unpaired) electrons. The van der Waals surface area contributed by atoms with Crippen LogP contribution in [0.25, 0.3) is 28.2 Å². The molecule has 0 spiro atoms. The SMILES string of the molecule is C=C1CCCCN([C@@]2(C)C=CC(c3cccc4oc5c(c34)C=CCC5)=CC2)C2=C1C=C(c1cccc([C@@H](N)CC3=CCCC=C3)c1)CC2. The molecule has 5 aliphatic rings. The third-order valence-corrected chi connectivity index (χ3v) is 11.2. The standard InChI is InChI=1S/C45H48N2O/c1-31-12-8-9-27-47(45(2)25-23-33(24-26-45)37-18-11-20-43-44(37)38-17-6-7-19-42(38)48-43)41-22-21-35(30-39(31)41)34-15-10-16-36(29-34)40(46)28-32-13-4-3-5-14-32/h4,6,10-11,13-18,20,23-25,29-30,40H,1,3,5,7-9,12,19,21-22,26-28,46H2,2H3/t40-,45-/m0/s1. The van der Waals surface area contributed by atoms with E-state index in [4.69, 9.17) is 10.2 Å². The van der Waals surface area contributed by atoms with Gasteiger partial charge in [0.05, 0.1) is 5.54 Å². The molecule has 3 nitrogen and oxygen atoms in total. The Morgan fingerprint density at radius 1 is 0.938 bits per heavy atom. The van der Waals surface area contributed by atoms with Gasteiger partial charge in [-0.1, -0.05) is 91.1 Å². The maximum Gasteiger partial charge on any atom is 0.135 e. The van der Waals surface area contributed by atoms with Crippen LogP contribution in [0.5, 0.6) is 0 Å². The fourth-order valence-electron chi connectivity index (χ4n) is 8.49. The number of fused-ring (bicyclic) bond motifs is 3. The van der Waals surface area contributed by atoms with Crippen LogP contribution in [0.3, 0.4) is 0 Å². The van der Waals surface area contributed by atoms with Crippen LogP contribution in [0.15, 0.2) is 124 Å². The molecule has 0 saturated heterocycles. The molecule has 2 N–H and O–H groups in total. The Kier molecular flexibility index (Phi) is 8.34. The lowest BCUT2D eigenvalue weighted by atomic mass is 9.81. The molecule has 2 heterocycles. The lowest BCUT2D eigenvalue weighted by molar-refractivity contribution is 0.182. The smallest absolute Gasteiger partial charge is 0.135 e. The highest BCUT2D eigenvalue weighted by atomic mass is 16.3. The Hall–Kier alpha value is -4.34. The predicted octanol–water partition coefficient (Wildman–Crippen LogP) is 11.3. The van der Waals surface area contributed by atoms with Crippen molar-refractivity contribution in [1.82, 2.24) is 4.90 Å². The van der Waals surface area contributed by atoms with Gasteiger partial charge < -0.3 is 15.1 Å². The summed E-state index contributed by atoms with van der Waals surface area (Å²) in [6, 6.07) is 15.5. The van der Waals surface area contributed by atoms with Crippen LogP contribution in [-0.2, 0) is 6.42 Å². The van der Waals surface area contributed by atoms with Crippen molar-refractivity contribution in [1.29, 1.82) is 0 Å². The Balaban J connectivity index is 1.08. The summed E-state index contributed by atoms with van der Waals surface area (Å²) in [5.74, 6) is 1.12. The van der Waals surface area contributed by atoms with Crippen molar-refractivity contribution >= 4 is 28.2 Å². The molecule has 1 aromatic heterocycles. The van der Waals surface area contributed by atoms with Crippen LogP contribution < -0.4 is 5.73 Å². The molecule has 2 atom stereocenters. The highest BCUT2D eigenvalue weighted by molar-refractivity contribution is 6.00. The third-order valence-electron chi connectivity index (χ3n) is 11.2. The van der Waals surface area contributed by atoms with E-state index in [1.54, 1.807) is 0 Å². The van der Waals surface area contributed by atoms with E-state index in [-0.39, 0.29) is 11.6 Å². The van der Waals surface area contributed by atoms with Crippen molar-refractivity contribution in [3.8, 4) is 0 Å². The van der Waals surface area contributed by atoms with Crippen LogP contribution in [0.2, 0.25) is 0 Å². The van der Waals surface area contributed by atoms with Gasteiger partial charge in [-0.15, -0.1) is 0 Å². The van der Waals surface area contributed by atoms with Crippen molar-refractivity contribution in [2.24, 2.45) is 5.73 Å². The van der Waals surface area contributed by atoms with E-state index in [1.165, 1.54) is 74.0 Å². The molecule has 1 aliphatic heterocycles. The van der Waals surface area contributed by atoms with Crippen LogP contribution in [0.1, 0.15) is 105 Å². The second-order valence-electron chi connectivity index (χ2n) is 14.5. The number of hydrogen-bond acceptors (Lipinski definition) is 3. The molecular formula is C45H48N2O. The number of hydrogen-bond donors (Lipinski definition) is 1. The molecular weight excluding hydrogens is 585 g/mol. The number of rotatable bonds is 6. The number of nitrogens with zero attached hydrogens (tertiary/aromatic N) is 1. The van der Waals surface area contributed by atoms with Gasteiger partial charge in [0, 0.05) is 35.7 Å². The highest BCUT2D eigenvalue weighted by Crippen LogP contribution is 2.44. The van der Waals surface area contributed by atoms with Gasteiger partial charge in [-0.25, -0.2) is 0 Å². The summed E-state index contributed by atoms with van der Waals surface area (Å²) in [4.78, 5) is 2.73. The molecule has 0 saturated carbocycles. The molecule has 3 heteroatoms. The molecule has 0 fully saturated rings. The zero-order valence-electron chi connectivity index (χ0n) is 28.4. The van der Waals surface area contributed by atoms with Crippen molar-refractivity contribution in [2.75, 3.05) is 6.54 Å². The van der Waals surface area contributed by atoms with E-state index in [1.807, 2.05) is 0 Å². The van der Waals surface area contributed by atoms with Gasteiger partial charge >= 0.3 is 0 Å². The molecule has 4 aliphatic carbocycles. The van der Waals surface area contributed by atoms with E-state index < -0.39 is 0 Å². The number of allylic oxidation sites excluding steroid dienone is 11.